The SMILES string of the molecule is NC(=O)COc1cccc(NC(=O)C2CCCCN2Cc2ccc(F)cc2)c1. The number of hydrogen-bond acceptors (Lipinski definition) is 4. The van der Waals surface area contributed by atoms with Crippen LogP contribution in [-0.2, 0) is 16.1 Å². The van der Waals surface area contributed by atoms with Crippen LogP contribution in [0.3, 0.4) is 0 Å². The van der Waals surface area contributed by atoms with E-state index in [1.165, 1.54) is 12.1 Å². The van der Waals surface area contributed by atoms with Crippen molar-refractivity contribution in [3.63, 3.8) is 0 Å². The number of primary amides is 1. The second-order valence-corrected chi connectivity index (χ2v) is 6.88. The van der Waals surface area contributed by atoms with Crippen molar-refractivity contribution < 1.29 is 18.7 Å². The molecule has 1 heterocycles. The van der Waals surface area contributed by atoms with Gasteiger partial charge >= 0.3 is 0 Å². The maximum Gasteiger partial charge on any atom is 0.255 e. The number of nitrogens with two attached hydrogens (primary N) is 1. The van der Waals surface area contributed by atoms with E-state index in [0.29, 0.717) is 18.0 Å². The molecule has 0 radical (unpaired) electrons. The van der Waals surface area contributed by atoms with Crippen molar-refractivity contribution in [1.82, 2.24) is 4.90 Å². The first-order chi connectivity index (χ1) is 13.5. The predicted molar refractivity (Wildman–Crippen MR) is 104 cm³/mol. The third-order valence-electron chi connectivity index (χ3n) is 4.70. The van der Waals surface area contributed by atoms with Crippen molar-refractivity contribution >= 4 is 17.5 Å². The summed E-state index contributed by atoms with van der Waals surface area (Å²) in [5, 5.41) is 2.93. The Labute approximate surface area is 163 Å². The summed E-state index contributed by atoms with van der Waals surface area (Å²) in [6.07, 6.45) is 2.78. The van der Waals surface area contributed by atoms with Crippen LogP contribution in [0, 0.1) is 5.82 Å². The summed E-state index contributed by atoms with van der Waals surface area (Å²) in [6.45, 7) is 1.20. The maximum absolute atomic E-state index is 13.1. The fourth-order valence-electron chi connectivity index (χ4n) is 3.35. The number of rotatable bonds is 7. The summed E-state index contributed by atoms with van der Waals surface area (Å²) in [6, 6.07) is 13.0. The topological polar surface area (TPSA) is 84.7 Å². The average Bonchev–Trinajstić information content (AvgIpc) is 2.69. The van der Waals surface area contributed by atoms with Gasteiger partial charge in [0.05, 0.1) is 6.04 Å². The number of halogens is 1. The Kier molecular flexibility index (Phi) is 6.60. The van der Waals surface area contributed by atoms with Crippen molar-refractivity contribution in [1.29, 1.82) is 0 Å². The number of nitrogens with one attached hydrogen (secondary N) is 1. The molecule has 6 nitrogen and oxygen atoms in total. The van der Waals surface area contributed by atoms with Gasteiger partial charge in [-0.15, -0.1) is 0 Å². The number of piperidine rings is 1. The van der Waals surface area contributed by atoms with Crippen LogP contribution in [0.15, 0.2) is 48.5 Å². The van der Waals surface area contributed by atoms with Crippen LogP contribution < -0.4 is 15.8 Å². The number of nitrogens with zero attached hydrogens (tertiary/aromatic N) is 1. The summed E-state index contributed by atoms with van der Waals surface area (Å²) in [5.74, 6) is -0.458. The summed E-state index contributed by atoms with van der Waals surface area (Å²) >= 11 is 0. The van der Waals surface area contributed by atoms with Gasteiger partial charge in [-0.3, -0.25) is 14.5 Å². The lowest BCUT2D eigenvalue weighted by atomic mass is 10.00. The molecule has 1 aliphatic rings. The van der Waals surface area contributed by atoms with E-state index in [2.05, 4.69) is 10.2 Å². The van der Waals surface area contributed by atoms with E-state index in [1.54, 1.807) is 36.4 Å². The Morgan fingerprint density at radius 3 is 2.71 bits per heavy atom. The Hall–Kier alpha value is -2.93. The first-order valence-electron chi connectivity index (χ1n) is 9.32. The van der Waals surface area contributed by atoms with E-state index in [0.717, 1.165) is 31.4 Å². The molecule has 1 unspecified atom stereocenters. The molecule has 28 heavy (non-hydrogen) atoms. The predicted octanol–water partition coefficient (Wildman–Crippen LogP) is 2.68. The molecule has 7 heteroatoms. The van der Waals surface area contributed by atoms with Crippen molar-refractivity contribution in [2.24, 2.45) is 5.73 Å². The van der Waals surface area contributed by atoms with E-state index in [1.807, 2.05) is 0 Å². The average molecular weight is 385 g/mol. The molecule has 3 rings (SSSR count). The minimum Gasteiger partial charge on any atom is -0.484 e. The lowest BCUT2D eigenvalue weighted by Crippen LogP contribution is -2.46. The lowest BCUT2D eigenvalue weighted by molar-refractivity contribution is -0.122. The molecule has 2 aromatic rings. The highest BCUT2D eigenvalue weighted by atomic mass is 19.1. The monoisotopic (exact) mass is 385 g/mol. The Morgan fingerprint density at radius 2 is 1.96 bits per heavy atom. The molecule has 0 aliphatic carbocycles. The quantitative estimate of drug-likeness (QED) is 0.767. The normalized spacial score (nSPS) is 17.1. The number of ether oxygens (including phenoxy) is 1. The zero-order chi connectivity index (χ0) is 19.9. The molecule has 1 fully saturated rings. The minimum absolute atomic E-state index is 0.0890. The summed E-state index contributed by atoms with van der Waals surface area (Å²) in [7, 11) is 0. The van der Waals surface area contributed by atoms with Crippen molar-refractivity contribution in [3.8, 4) is 5.75 Å². The van der Waals surface area contributed by atoms with Crippen molar-refractivity contribution in [3.05, 3.63) is 59.9 Å². The molecule has 0 spiro atoms. The van der Waals surface area contributed by atoms with Crippen LogP contribution in [0.5, 0.6) is 5.75 Å². The molecule has 0 saturated carbocycles. The number of anilines is 1. The second kappa shape index (κ2) is 9.32. The Balaban J connectivity index is 1.65. The highest BCUT2D eigenvalue weighted by Gasteiger charge is 2.28. The standard InChI is InChI=1S/C21H24FN3O3/c22-16-9-7-15(8-10-16)13-25-11-2-1-6-19(25)21(27)24-17-4-3-5-18(12-17)28-14-20(23)26/h3-5,7-10,12,19H,1-2,6,11,13-14H2,(H2,23,26)(H,24,27). The fourth-order valence-corrected chi connectivity index (χ4v) is 3.35. The van der Waals surface area contributed by atoms with Crippen molar-refractivity contribution in [2.75, 3.05) is 18.5 Å². The molecular weight excluding hydrogens is 361 g/mol. The van der Waals surface area contributed by atoms with Crippen LogP contribution in [0.25, 0.3) is 0 Å². The summed E-state index contributed by atoms with van der Waals surface area (Å²) in [4.78, 5) is 25.8. The van der Waals surface area contributed by atoms with Gasteiger partial charge < -0.3 is 15.8 Å². The first-order valence-corrected chi connectivity index (χ1v) is 9.32. The van der Waals surface area contributed by atoms with E-state index >= 15 is 0 Å². The van der Waals surface area contributed by atoms with E-state index < -0.39 is 5.91 Å². The zero-order valence-electron chi connectivity index (χ0n) is 15.6. The lowest BCUT2D eigenvalue weighted by Gasteiger charge is -2.34. The number of amides is 2. The largest absolute Gasteiger partial charge is 0.484 e. The summed E-state index contributed by atoms with van der Waals surface area (Å²) < 4.78 is 18.4. The fraction of sp³-hybridized carbons (Fsp3) is 0.333. The van der Waals surface area contributed by atoms with Gasteiger partial charge in [-0.1, -0.05) is 24.6 Å². The van der Waals surface area contributed by atoms with E-state index in [-0.39, 0.29) is 24.4 Å². The van der Waals surface area contributed by atoms with Gasteiger partial charge in [0.15, 0.2) is 6.61 Å². The van der Waals surface area contributed by atoms with Crippen LogP contribution in [-0.4, -0.2) is 35.9 Å². The first kappa shape index (κ1) is 19.8. The molecule has 1 saturated heterocycles. The third kappa shape index (κ3) is 5.53. The highest BCUT2D eigenvalue weighted by Crippen LogP contribution is 2.23. The minimum atomic E-state index is -0.562. The van der Waals surface area contributed by atoms with Gasteiger partial charge in [-0.25, -0.2) is 4.39 Å². The molecule has 3 N–H and O–H groups in total. The molecule has 0 aromatic heterocycles. The number of carbonyl (C=O) groups excluding carboxylic acids is 2. The van der Waals surface area contributed by atoms with Gasteiger partial charge in [-0.05, 0) is 49.2 Å². The third-order valence-corrected chi connectivity index (χ3v) is 4.70. The van der Waals surface area contributed by atoms with E-state index in [4.69, 9.17) is 10.5 Å². The van der Waals surface area contributed by atoms with Crippen LogP contribution in [0.4, 0.5) is 10.1 Å². The van der Waals surface area contributed by atoms with Crippen LogP contribution >= 0.6 is 0 Å². The Bertz CT molecular complexity index is 826. The molecule has 1 atom stereocenters. The molecule has 0 bridgehead atoms. The maximum atomic E-state index is 13.1. The van der Waals surface area contributed by atoms with Gasteiger partial charge in [0, 0.05) is 18.3 Å². The molecule has 2 amide bonds. The number of benzene rings is 2. The van der Waals surface area contributed by atoms with Crippen LogP contribution in [0.1, 0.15) is 24.8 Å². The smallest absolute Gasteiger partial charge is 0.255 e. The van der Waals surface area contributed by atoms with Gasteiger partial charge in [0.2, 0.25) is 5.91 Å². The molecular formula is C21H24FN3O3. The van der Waals surface area contributed by atoms with Gasteiger partial charge in [0.1, 0.15) is 11.6 Å². The van der Waals surface area contributed by atoms with Crippen molar-refractivity contribution in [2.45, 2.75) is 31.8 Å². The molecule has 148 valence electrons. The number of carbonyl (C=O) groups is 2. The zero-order valence-corrected chi connectivity index (χ0v) is 15.6. The summed E-state index contributed by atoms with van der Waals surface area (Å²) in [5.41, 5.74) is 6.65. The highest BCUT2D eigenvalue weighted by molar-refractivity contribution is 5.95. The van der Waals surface area contributed by atoms with Crippen LogP contribution in [0.2, 0.25) is 0 Å². The molecule has 2 aromatic carbocycles. The second-order valence-electron chi connectivity index (χ2n) is 6.88. The number of likely N-dealkylation sites (tertiary alicyclic amines) is 1. The van der Waals surface area contributed by atoms with E-state index in [9.17, 15) is 14.0 Å². The van der Waals surface area contributed by atoms with Gasteiger partial charge in [0.25, 0.3) is 5.91 Å². The van der Waals surface area contributed by atoms with Gasteiger partial charge in [-0.2, -0.15) is 0 Å². The Morgan fingerprint density at radius 1 is 1.18 bits per heavy atom. The number of hydrogen-bond donors (Lipinski definition) is 2. The molecule has 1 aliphatic heterocycles.